The average molecular weight is 418 g/mol. The third-order valence-electron chi connectivity index (χ3n) is 4.83. The fourth-order valence-electron chi connectivity index (χ4n) is 3.39. The van der Waals surface area contributed by atoms with Gasteiger partial charge in [-0.05, 0) is 24.3 Å². The number of pyridine rings is 1. The van der Waals surface area contributed by atoms with Gasteiger partial charge in [0.25, 0.3) is 11.5 Å². The summed E-state index contributed by atoms with van der Waals surface area (Å²) in [5.74, 6) is -0.211. The van der Waals surface area contributed by atoms with Crippen LogP contribution in [0.3, 0.4) is 0 Å². The number of piperazine rings is 1. The Labute approximate surface area is 171 Å². The fraction of sp³-hybridized carbons (Fsp3) is 0.263. The van der Waals surface area contributed by atoms with Crippen LogP contribution >= 0.6 is 23.2 Å². The number of aromatic nitrogens is 3. The molecule has 3 aromatic rings. The average Bonchev–Trinajstić information content (AvgIpc) is 2.69. The second kappa shape index (κ2) is 7.41. The van der Waals surface area contributed by atoms with Gasteiger partial charge in [-0.25, -0.2) is 4.68 Å². The molecule has 2 aromatic heterocycles. The number of carbonyl (C=O) groups is 1. The van der Waals surface area contributed by atoms with Crippen LogP contribution in [0, 0.1) is 0 Å². The van der Waals surface area contributed by atoms with Gasteiger partial charge in [0, 0.05) is 66.7 Å². The number of anilines is 1. The minimum atomic E-state index is -0.253. The van der Waals surface area contributed by atoms with Gasteiger partial charge >= 0.3 is 0 Å². The predicted molar refractivity (Wildman–Crippen MR) is 109 cm³/mol. The molecular weight excluding hydrogens is 401 g/mol. The quantitative estimate of drug-likeness (QED) is 0.640. The van der Waals surface area contributed by atoms with Crippen molar-refractivity contribution >= 4 is 45.6 Å². The lowest BCUT2D eigenvalue weighted by molar-refractivity contribution is 0.0740. The third kappa shape index (κ3) is 3.43. The first kappa shape index (κ1) is 18.7. The van der Waals surface area contributed by atoms with Gasteiger partial charge < -0.3 is 9.80 Å². The molecule has 0 N–H and O–H groups in total. The summed E-state index contributed by atoms with van der Waals surface area (Å²) >= 11 is 12.2. The molecule has 9 heteroatoms. The smallest absolute Gasteiger partial charge is 0.275 e. The summed E-state index contributed by atoms with van der Waals surface area (Å²) < 4.78 is 1.19. The van der Waals surface area contributed by atoms with Gasteiger partial charge in [-0.2, -0.15) is 5.10 Å². The number of carbonyl (C=O) groups excluding carboxylic acids is 1. The van der Waals surface area contributed by atoms with Gasteiger partial charge in [-0.15, -0.1) is 0 Å². The van der Waals surface area contributed by atoms with Crippen molar-refractivity contribution in [1.82, 2.24) is 19.7 Å². The van der Waals surface area contributed by atoms with E-state index in [0.29, 0.717) is 47.0 Å². The van der Waals surface area contributed by atoms with Gasteiger partial charge in [0.15, 0.2) is 5.69 Å². The number of halogens is 2. The molecule has 1 aliphatic heterocycles. The Morgan fingerprint density at radius 1 is 1.04 bits per heavy atom. The van der Waals surface area contributed by atoms with E-state index in [1.165, 1.54) is 17.1 Å². The Morgan fingerprint density at radius 3 is 2.39 bits per heavy atom. The highest BCUT2D eigenvalue weighted by Crippen LogP contribution is 2.26. The molecule has 1 fully saturated rings. The van der Waals surface area contributed by atoms with Crippen molar-refractivity contribution in [3.05, 3.63) is 62.8 Å². The van der Waals surface area contributed by atoms with Crippen LogP contribution in [0.4, 0.5) is 5.69 Å². The lowest BCUT2D eigenvalue weighted by atomic mass is 10.1. The number of aryl methyl sites for hydroxylation is 1. The molecule has 3 heterocycles. The molecule has 0 bridgehead atoms. The Hall–Kier alpha value is -2.64. The minimum Gasteiger partial charge on any atom is -0.368 e. The molecule has 1 saturated heterocycles. The molecule has 144 valence electrons. The van der Waals surface area contributed by atoms with Gasteiger partial charge in [-0.1, -0.05) is 23.2 Å². The van der Waals surface area contributed by atoms with E-state index in [4.69, 9.17) is 23.2 Å². The summed E-state index contributed by atoms with van der Waals surface area (Å²) in [6, 6.07) is 7.02. The first-order valence-corrected chi connectivity index (χ1v) is 9.51. The standard InChI is InChI=1S/C19H17Cl2N5O2/c1-24-18(27)15-2-3-22-11-16(15)17(23-24)19(28)26-6-4-25(5-7-26)14-9-12(20)8-13(21)10-14/h2-3,8-11H,4-7H2,1H3. The highest BCUT2D eigenvalue weighted by Gasteiger charge is 2.26. The van der Waals surface area contributed by atoms with Gasteiger partial charge in [0.05, 0.1) is 5.39 Å². The number of amides is 1. The number of nitrogens with zero attached hydrogens (tertiary/aromatic N) is 5. The first-order chi connectivity index (χ1) is 13.4. The van der Waals surface area contributed by atoms with Crippen LogP contribution in [0.15, 0.2) is 41.5 Å². The molecule has 28 heavy (non-hydrogen) atoms. The van der Waals surface area contributed by atoms with Crippen LogP contribution in [-0.2, 0) is 7.05 Å². The predicted octanol–water partition coefficient (Wildman–Crippen LogP) is 2.60. The van der Waals surface area contributed by atoms with Gasteiger partial charge in [0.1, 0.15) is 0 Å². The fourth-order valence-corrected chi connectivity index (χ4v) is 3.91. The SMILES string of the molecule is Cn1nc(C(=O)N2CCN(c3cc(Cl)cc(Cl)c3)CC2)c2cnccc2c1=O. The maximum Gasteiger partial charge on any atom is 0.275 e. The lowest BCUT2D eigenvalue weighted by Gasteiger charge is -2.36. The molecular formula is C19H17Cl2N5O2. The maximum absolute atomic E-state index is 13.1. The Bertz CT molecular complexity index is 1100. The van der Waals surface area contributed by atoms with E-state index in [-0.39, 0.29) is 17.2 Å². The molecule has 1 aromatic carbocycles. The normalized spacial score (nSPS) is 14.5. The zero-order chi connectivity index (χ0) is 19.8. The molecule has 0 unspecified atom stereocenters. The summed E-state index contributed by atoms with van der Waals surface area (Å²) in [5.41, 5.74) is 0.917. The summed E-state index contributed by atoms with van der Waals surface area (Å²) in [6.07, 6.45) is 3.05. The topological polar surface area (TPSA) is 71.3 Å². The molecule has 0 saturated carbocycles. The van der Waals surface area contributed by atoms with Crippen molar-refractivity contribution in [2.75, 3.05) is 31.1 Å². The van der Waals surface area contributed by atoms with E-state index < -0.39 is 0 Å². The van der Waals surface area contributed by atoms with Gasteiger partial charge in [-0.3, -0.25) is 14.6 Å². The van der Waals surface area contributed by atoms with Gasteiger partial charge in [0.2, 0.25) is 0 Å². The van der Waals surface area contributed by atoms with Crippen LogP contribution < -0.4 is 10.5 Å². The van der Waals surface area contributed by atoms with Crippen molar-refractivity contribution in [3.8, 4) is 0 Å². The zero-order valence-corrected chi connectivity index (χ0v) is 16.6. The number of hydrogen-bond donors (Lipinski definition) is 0. The highest BCUT2D eigenvalue weighted by atomic mass is 35.5. The van der Waals surface area contributed by atoms with Crippen molar-refractivity contribution in [1.29, 1.82) is 0 Å². The maximum atomic E-state index is 13.1. The summed E-state index contributed by atoms with van der Waals surface area (Å²) in [5, 5.41) is 6.26. The van der Waals surface area contributed by atoms with E-state index in [9.17, 15) is 9.59 Å². The summed E-state index contributed by atoms with van der Waals surface area (Å²) in [7, 11) is 1.54. The van der Waals surface area contributed by atoms with E-state index in [1.807, 2.05) is 12.1 Å². The van der Waals surface area contributed by atoms with Crippen molar-refractivity contribution in [2.45, 2.75) is 0 Å². The van der Waals surface area contributed by atoms with E-state index >= 15 is 0 Å². The molecule has 4 rings (SSSR count). The monoisotopic (exact) mass is 417 g/mol. The minimum absolute atomic E-state index is 0.211. The Morgan fingerprint density at radius 2 is 1.71 bits per heavy atom. The van der Waals surface area contributed by atoms with Crippen LogP contribution in [0.5, 0.6) is 0 Å². The van der Waals surface area contributed by atoms with Crippen molar-refractivity contribution in [2.24, 2.45) is 7.05 Å². The molecule has 7 nitrogen and oxygen atoms in total. The summed E-state index contributed by atoms with van der Waals surface area (Å²) in [6.45, 7) is 2.33. The largest absolute Gasteiger partial charge is 0.368 e. The second-order valence-electron chi connectivity index (χ2n) is 6.61. The highest BCUT2D eigenvalue weighted by molar-refractivity contribution is 6.35. The van der Waals surface area contributed by atoms with Crippen molar-refractivity contribution < 1.29 is 4.79 Å². The molecule has 0 radical (unpaired) electrons. The van der Waals surface area contributed by atoms with Crippen LogP contribution in [0.2, 0.25) is 10.0 Å². The summed E-state index contributed by atoms with van der Waals surface area (Å²) in [4.78, 5) is 33.3. The number of fused-ring (bicyclic) bond motifs is 1. The zero-order valence-electron chi connectivity index (χ0n) is 15.1. The molecule has 1 amide bonds. The second-order valence-corrected chi connectivity index (χ2v) is 7.48. The molecule has 0 aliphatic carbocycles. The van der Waals surface area contributed by atoms with Crippen LogP contribution in [-0.4, -0.2) is 51.8 Å². The number of rotatable bonds is 2. The Kier molecular flexibility index (Phi) is 4.95. The van der Waals surface area contributed by atoms with Crippen molar-refractivity contribution in [3.63, 3.8) is 0 Å². The van der Waals surface area contributed by atoms with Crippen LogP contribution in [0.25, 0.3) is 10.8 Å². The molecule has 1 aliphatic rings. The van der Waals surface area contributed by atoms with Crippen LogP contribution in [0.1, 0.15) is 10.5 Å². The lowest BCUT2D eigenvalue weighted by Crippen LogP contribution is -2.49. The molecule has 0 spiro atoms. The molecule has 0 atom stereocenters. The Balaban J connectivity index is 1.57. The number of hydrogen-bond acceptors (Lipinski definition) is 5. The number of benzene rings is 1. The van der Waals surface area contributed by atoms with E-state index in [2.05, 4.69) is 15.0 Å². The van der Waals surface area contributed by atoms with E-state index in [0.717, 1.165) is 5.69 Å². The van der Waals surface area contributed by atoms with E-state index in [1.54, 1.807) is 24.1 Å². The third-order valence-corrected chi connectivity index (χ3v) is 5.27. The first-order valence-electron chi connectivity index (χ1n) is 8.75.